The van der Waals surface area contributed by atoms with Crippen molar-refractivity contribution in [3.63, 3.8) is 0 Å². The molecule has 0 saturated heterocycles. The standard InChI is InChI=1S/C17H32N2O2/c1-4-19(14-8-5-6-9-14)15-10-7-11-17(12-15,16(20)21)18-13(2)3/h13-15,18H,4-12H2,1-3H3,(H,20,21). The minimum atomic E-state index is -0.719. The van der Waals surface area contributed by atoms with E-state index in [4.69, 9.17) is 0 Å². The summed E-state index contributed by atoms with van der Waals surface area (Å²) in [5.41, 5.74) is -0.719. The molecule has 0 spiro atoms. The molecule has 0 amide bonds. The van der Waals surface area contributed by atoms with Crippen LogP contribution in [0.3, 0.4) is 0 Å². The van der Waals surface area contributed by atoms with Crippen molar-refractivity contribution in [2.24, 2.45) is 0 Å². The van der Waals surface area contributed by atoms with Gasteiger partial charge in [0.2, 0.25) is 0 Å². The third-order valence-electron chi connectivity index (χ3n) is 5.33. The number of carbonyl (C=O) groups is 1. The molecule has 4 nitrogen and oxygen atoms in total. The minimum Gasteiger partial charge on any atom is -0.480 e. The molecule has 0 aliphatic heterocycles. The monoisotopic (exact) mass is 296 g/mol. The van der Waals surface area contributed by atoms with Gasteiger partial charge in [-0.05, 0) is 58.9 Å². The molecule has 0 aromatic rings. The topological polar surface area (TPSA) is 52.6 Å². The van der Waals surface area contributed by atoms with Crippen LogP contribution in [0.1, 0.15) is 72.1 Å². The molecule has 2 fully saturated rings. The fraction of sp³-hybridized carbons (Fsp3) is 0.941. The Kier molecular flexibility index (Phi) is 5.67. The van der Waals surface area contributed by atoms with Gasteiger partial charge in [0.15, 0.2) is 0 Å². The van der Waals surface area contributed by atoms with E-state index < -0.39 is 11.5 Å². The van der Waals surface area contributed by atoms with E-state index in [-0.39, 0.29) is 6.04 Å². The summed E-state index contributed by atoms with van der Waals surface area (Å²) in [6.07, 6.45) is 8.94. The third-order valence-corrected chi connectivity index (χ3v) is 5.33. The fourth-order valence-corrected chi connectivity index (χ4v) is 4.52. The van der Waals surface area contributed by atoms with Crippen LogP contribution in [-0.4, -0.2) is 46.2 Å². The van der Waals surface area contributed by atoms with Crippen molar-refractivity contribution in [3.05, 3.63) is 0 Å². The molecule has 0 aromatic heterocycles. The van der Waals surface area contributed by atoms with Gasteiger partial charge in [0.25, 0.3) is 0 Å². The number of nitrogens with zero attached hydrogens (tertiary/aromatic N) is 1. The lowest BCUT2D eigenvalue weighted by Crippen LogP contribution is -2.60. The maximum atomic E-state index is 11.9. The minimum absolute atomic E-state index is 0.210. The number of hydrogen-bond donors (Lipinski definition) is 2. The summed E-state index contributed by atoms with van der Waals surface area (Å²) in [5.74, 6) is -0.664. The SMILES string of the molecule is CCN(C1CCCC1)C1CCCC(NC(C)C)(C(=O)O)C1. The van der Waals surface area contributed by atoms with Crippen LogP contribution in [-0.2, 0) is 4.79 Å². The molecular weight excluding hydrogens is 264 g/mol. The van der Waals surface area contributed by atoms with E-state index >= 15 is 0 Å². The van der Waals surface area contributed by atoms with Crippen LogP contribution < -0.4 is 5.32 Å². The number of aliphatic carboxylic acids is 1. The van der Waals surface area contributed by atoms with E-state index in [1.807, 2.05) is 13.8 Å². The van der Waals surface area contributed by atoms with E-state index in [0.29, 0.717) is 12.1 Å². The van der Waals surface area contributed by atoms with E-state index in [0.717, 1.165) is 32.2 Å². The van der Waals surface area contributed by atoms with Crippen LogP contribution in [0.25, 0.3) is 0 Å². The number of carboxylic acids is 1. The van der Waals surface area contributed by atoms with Crippen LogP contribution in [0, 0.1) is 0 Å². The lowest BCUT2D eigenvalue weighted by atomic mass is 9.77. The molecular formula is C17H32N2O2. The Hall–Kier alpha value is -0.610. The summed E-state index contributed by atoms with van der Waals surface area (Å²) in [6.45, 7) is 7.36. The van der Waals surface area contributed by atoms with Gasteiger partial charge >= 0.3 is 5.97 Å². The zero-order valence-corrected chi connectivity index (χ0v) is 13.9. The van der Waals surface area contributed by atoms with Gasteiger partial charge in [-0.15, -0.1) is 0 Å². The van der Waals surface area contributed by atoms with Gasteiger partial charge < -0.3 is 5.11 Å². The summed E-state index contributed by atoms with van der Waals surface area (Å²) in [5, 5.41) is 13.2. The van der Waals surface area contributed by atoms with Crippen molar-refractivity contribution >= 4 is 5.97 Å². The molecule has 122 valence electrons. The van der Waals surface area contributed by atoms with Crippen LogP contribution in [0.5, 0.6) is 0 Å². The van der Waals surface area contributed by atoms with Gasteiger partial charge in [0, 0.05) is 18.1 Å². The van der Waals surface area contributed by atoms with Crippen LogP contribution in [0.2, 0.25) is 0 Å². The van der Waals surface area contributed by atoms with Gasteiger partial charge in [-0.25, -0.2) is 0 Å². The third kappa shape index (κ3) is 3.78. The molecule has 2 aliphatic rings. The van der Waals surface area contributed by atoms with Crippen molar-refractivity contribution in [2.75, 3.05) is 6.54 Å². The lowest BCUT2D eigenvalue weighted by Gasteiger charge is -2.45. The predicted molar refractivity (Wildman–Crippen MR) is 85.5 cm³/mol. The molecule has 2 aliphatic carbocycles. The zero-order chi connectivity index (χ0) is 15.5. The van der Waals surface area contributed by atoms with E-state index in [1.54, 1.807) is 0 Å². The van der Waals surface area contributed by atoms with Crippen LogP contribution in [0.4, 0.5) is 0 Å². The Morgan fingerprint density at radius 3 is 2.38 bits per heavy atom. The highest BCUT2D eigenvalue weighted by Crippen LogP contribution is 2.35. The number of carboxylic acid groups (broad SMARTS) is 1. The summed E-state index contributed by atoms with van der Waals surface area (Å²) in [7, 11) is 0. The van der Waals surface area contributed by atoms with Gasteiger partial charge in [0.05, 0.1) is 0 Å². The quantitative estimate of drug-likeness (QED) is 0.791. The Morgan fingerprint density at radius 2 is 1.86 bits per heavy atom. The molecule has 0 aromatic carbocycles. The molecule has 21 heavy (non-hydrogen) atoms. The Morgan fingerprint density at radius 1 is 1.24 bits per heavy atom. The van der Waals surface area contributed by atoms with Crippen molar-refractivity contribution in [3.8, 4) is 0 Å². The molecule has 2 saturated carbocycles. The molecule has 0 bridgehead atoms. The van der Waals surface area contributed by atoms with Crippen molar-refractivity contribution in [1.29, 1.82) is 0 Å². The van der Waals surface area contributed by atoms with E-state index in [1.165, 1.54) is 25.7 Å². The van der Waals surface area contributed by atoms with Crippen LogP contribution in [0.15, 0.2) is 0 Å². The number of nitrogens with one attached hydrogen (secondary N) is 1. The largest absolute Gasteiger partial charge is 0.480 e. The highest BCUT2D eigenvalue weighted by molar-refractivity contribution is 5.79. The molecule has 4 heteroatoms. The first-order chi connectivity index (χ1) is 9.98. The van der Waals surface area contributed by atoms with Crippen LogP contribution >= 0.6 is 0 Å². The van der Waals surface area contributed by atoms with Gasteiger partial charge in [-0.2, -0.15) is 0 Å². The first-order valence-corrected chi connectivity index (χ1v) is 8.75. The molecule has 0 heterocycles. The molecule has 2 rings (SSSR count). The first-order valence-electron chi connectivity index (χ1n) is 8.75. The Bertz CT molecular complexity index is 353. The van der Waals surface area contributed by atoms with E-state index in [9.17, 15) is 9.90 Å². The maximum Gasteiger partial charge on any atom is 0.323 e. The average molecular weight is 296 g/mol. The second-order valence-corrected chi connectivity index (χ2v) is 7.21. The molecule has 2 atom stereocenters. The van der Waals surface area contributed by atoms with Gasteiger partial charge in [-0.3, -0.25) is 15.0 Å². The summed E-state index contributed by atoms with van der Waals surface area (Å²) in [6, 6.07) is 1.32. The Balaban J connectivity index is 2.11. The average Bonchev–Trinajstić information content (AvgIpc) is 2.93. The van der Waals surface area contributed by atoms with Crippen molar-refractivity contribution < 1.29 is 9.90 Å². The van der Waals surface area contributed by atoms with Crippen molar-refractivity contribution in [2.45, 2.75) is 95.8 Å². The highest BCUT2D eigenvalue weighted by Gasteiger charge is 2.45. The molecule has 2 unspecified atom stereocenters. The summed E-state index contributed by atoms with van der Waals surface area (Å²) < 4.78 is 0. The van der Waals surface area contributed by atoms with Crippen molar-refractivity contribution in [1.82, 2.24) is 10.2 Å². The summed E-state index contributed by atoms with van der Waals surface area (Å²) in [4.78, 5) is 14.5. The second kappa shape index (κ2) is 7.10. The smallest absolute Gasteiger partial charge is 0.323 e. The zero-order valence-electron chi connectivity index (χ0n) is 13.9. The maximum absolute atomic E-state index is 11.9. The van der Waals surface area contributed by atoms with Gasteiger partial charge in [0.1, 0.15) is 5.54 Å². The van der Waals surface area contributed by atoms with Gasteiger partial charge in [-0.1, -0.05) is 19.8 Å². The first kappa shape index (κ1) is 16.8. The number of hydrogen-bond acceptors (Lipinski definition) is 3. The highest BCUT2D eigenvalue weighted by atomic mass is 16.4. The number of rotatable bonds is 6. The fourth-order valence-electron chi connectivity index (χ4n) is 4.52. The van der Waals surface area contributed by atoms with E-state index in [2.05, 4.69) is 17.1 Å². The lowest BCUT2D eigenvalue weighted by molar-refractivity contribution is -0.148. The predicted octanol–water partition coefficient (Wildman–Crippen LogP) is 3.01. The Labute approximate surface area is 129 Å². The molecule has 2 N–H and O–H groups in total. The molecule has 0 radical (unpaired) electrons. The summed E-state index contributed by atoms with van der Waals surface area (Å²) >= 11 is 0. The second-order valence-electron chi connectivity index (χ2n) is 7.21. The normalized spacial score (nSPS) is 31.2.